The van der Waals surface area contributed by atoms with Crippen LogP contribution in [0.3, 0.4) is 0 Å². The first-order valence-electron chi connectivity index (χ1n) is 10.7. The summed E-state index contributed by atoms with van der Waals surface area (Å²) in [6.07, 6.45) is 4.04. The number of hydrogen-bond acceptors (Lipinski definition) is 5. The van der Waals surface area contributed by atoms with Crippen molar-refractivity contribution in [3.8, 4) is 0 Å². The van der Waals surface area contributed by atoms with Gasteiger partial charge in [0.1, 0.15) is 0 Å². The molecule has 2 aromatic rings. The van der Waals surface area contributed by atoms with E-state index >= 15 is 0 Å². The number of nitrogens with zero attached hydrogens (tertiary/aromatic N) is 3. The van der Waals surface area contributed by atoms with Gasteiger partial charge in [-0.2, -0.15) is 5.10 Å². The predicted molar refractivity (Wildman–Crippen MR) is 124 cm³/mol. The van der Waals surface area contributed by atoms with Crippen LogP contribution in [0.15, 0.2) is 53.6 Å². The second-order valence-corrected chi connectivity index (χ2v) is 8.95. The molecule has 1 unspecified atom stereocenters. The Kier molecular flexibility index (Phi) is 6.94. The van der Waals surface area contributed by atoms with E-state index in [0.717, 1.165) is 31.2 Å². The largest absolute Gasteiger partial charge is 0.605 e. The maximum atomic E-state index is 13.3. The Hall–Kier alpha value is -1.96. The Morgan fingerprint density at radius 2 is 1.68 bits per heavy atom. The molecule has 0 aromatic heterocycles. The van der Waals surface area contributed by atoms with E-state index in [0.29, 0.717) is 28.8 Å². The molecule has 1 N–H and O–H groups in total. The van der Waals surface area contributed by atoms with Crippen molar-refractivity contribution >= 4 is 40.5 Å². The minimum Gasteiger partial charge on any atom is -0.605 e. The Balaban J connectivity index is 1.69. The summed E-state index contributed by atoms with van der Waals surface area (Å²) in [5, 5.41) is 21.8. The zero-order valence-electron chi connectivity index (χ0n) is 17.4. The number of hydrazone groups is 1. The molecular formula is C23H26Cl2N4O2. The van der Waals surface area contributed by atoms with Crippen LogP contribution < -0.4 is 10.2 Å². The highest BCUT2D eigenvalue weighted by Gasteiger charge is 2.43. The Morgan fingerprint density at radius 1 is 1.03 bits per heavy atom. The summed E-state index contributed by atoms with van der Waals surface area (Å²) in [4.78, 5) is 13.3. The van der Waals surface area contributed by atoms with Crippen LogP contribution in [0.2, 0.25) is 10.0 Å². The van der Waals surface area contributed by atoms with Gasteiger partial charge in [-0.05, 0) is 42.7 Å². The fourth-order valence-corrected chi connectivity index (χ4v) is 4.69. The van der Waals surface area contributed by atoms with Crippen LogP contribution >= 0.6 is 23.2 Å². The quantitative estimate of drug-likeness (QED) is 0.692. The lowest BCUT2D eigenvalue weighted by Gasteiger charge is -2.31. The molecule has 31 heavy (non-hydrogen) atoms. The minimum absolute atomic E-state index is 0.270. The van der Waals surface area contributed by atoms with Crippen molar-refractivity contribution in [2.45, 2.75) is 38.6 Å². The summed E-state index contributed by atoms with van der Waals surface area (Å²) < 4.78 is 0. The molecule has 2 aliphatic rings. The van der Waals surface area contributed by atoms with Crippen LogP contribution in [0.25, 0.3) is 0 Å². The van der Waals surface area contributed by atoms with Crippen molar-refractivity contribution in [3.63, 3.8) is 0 Å². The summed E-state index contributed by atoms with van der Waals surface area (Å²) in [5.74, 6) is -0.816. The van der Waals surface area contributed by atoms with Gasteiger partial charge in [0.25, 0.3) is 0 Å². The Labute approximate surface area is 192 Å². The van der Waals surface area contributed by atoms with E-state index in [1.807, 2.05) is 49.4 Å². The first-order chi connectivity index (χ1) is 15.0. The topological polar surface area (TPSA) is 63.4 Å². The molecule has 1 saturated heterocycles. The highest BCUT2D eigenvalue weighted by molar-refractivity contribution is 6.37. The summed E-state index contributed by atoms with van der Waals surface area (Å²) in [6, 6.07) is 14.6. The second kappa shape index (κ2) is 9.67. The van der Waals surface area contributed by atoms with Gasteiger partial charge in [0.15, 0.2) is 5.71 Å². The molecule has 2 aliphatic heterocycles. The van der Waals surface area contributed by atoms with Gasteiger partial charge in [0.05, 0.1) is 16.8 Å². The van der Waals surface area contributed by atoms with Crippen LogP contribution in [0.5, 0.6) is 0 Å². The maximum absolute atomic E-state index is 13.3. The van der Waals surface area contributed by atoms with Crippen molar-refractivity contribution in [1.82, 2.24) is 5.01 Å². The highest BCUT2D eigenvalue weighted by atomic mass is 35.5. The molecule has 4 rings (SSSR count). The number of para-hydroxylation sites is 1. The number of hydrogen-bond donors (Lipinski definition) is 1. The van der Waals surface area contributed by atoms with Gasteiger partial charge < -0.3 is 5.21 Å². The number of quaternary nitrogens is 1. The van der Waals surface area contributed by atoms with E-state index in [-0.39, 0.29) is 17.7 Å². The van der Waals surface area contributed by atoms with Crippen molar-refractivity contribution in [2.24, 2.45) is 11.0 Å². The van der Waals surface area contributed by atoms with Crippen molar-refractivity contribution < 1.29 is 9.97 Å². The van der Waals surface area contributed by atoms with Gasteiger partial charge in [0.2, 0.25) is 0 Å². The lowest BCUT2D eigenvalue weighted by atomic mass is 9.91. The van der Waals surface area contributed by atoms with Crippen LogP contribution in [-0.4, -0.2) is 29.7 Å². The SMILES string of the molecule is C[C@H]1C(C(=O)[NH+]([O-])N2CCCCCC2)=NN(c2ccccc2Cl)[C@H]1c1ccc(Cl)cc1. The maximum Gasteiger partial charge on any atom is 0.380 e. The van der Waals surface area contributed by atoms with E-state index in [1.54, 1.807) is 16.1 Å². The van der Waals surface area contributed by atoms with Gasteiger partial charge in [0, 0.05) is 24.0 Å². The van der Waals surface area contributed by atoms with Crippen molar-refractivity contribution in [2.75, 3.05) is 18.1 Å². The lowest BCUT2D eigenvalue weighted by Crippen LogP contribution is -3.17. The average molecular weight is 461 g/mol. The van der Waals surface area contributed by atoms with Crippen LogP contribution in [-0.2, 0) is 4.79 Å². The van der Waals surface area contributed by atoms with Crippen LogP contribution in [0.4, 0.5) is 5.69 Å². The molecule has 2 aromatic carbocycles. The summed E-state index contributed by atoms with van der Waals surface area (Å²) in [6.45, 7) is 3.19. The third-order valence-corrected chi connectivity index (χ3v) is 6.59. The molecule has 8 heteroatoms. The first-order valence-corrected chi connectivity index (χ1v) is 11.4. The van der Waals surface area contributed by atoms with Crippen molar-refractivity contribution in [1.29, 1.82) is 0 Å². The Bertz CT molecular complexity index is 958. The number of benzene rings is 2. The number of anilines is 1. The van der Waals surface area contributed by atoms with Crippen LogP contribution in [0.1, 0.15) is 44.2 Å². The fourth-order valence-electron chi connectivity index (χ4n) is 4.34. The molecule has 1 amide bonds. The van der Waals surface area contributed by atoms with Gasteiger partial charge in [-0.25, -0.2) is 9.97 Å². The van der Waals surface area contributed by atoms with Crippen molar-refractivity contribution in [3.05, 3.63) is 69.3 Å². The smallest absolute Gasteiger partial charge is 0.380 e. The van der Waals surface area contributed by atoms with Gasteiger partial charge in [-0.3, -0.25) is 5.01 Å². The fraction of sp³-hybridized carbons (Fsp3) is 0.391. The molecule has 0 bridgehead atoms. The number of hydroxylamine groups is 1. The third-order valence-electron chi connectivity index (χ3n) is 6.01. The normalized spacial score (nSPS) is 23.4. The molecule has 164 valence electrons. The monoisotopic (exact) mass is 460 g/mol. The zero-order valence-corrected chi connectivity index (χ0v) is 18.9. The predicted octanol–water partition coefficient (Wildman–Crippen LogP) is 4.25. The molecule has 0 saturated carbocycles. The molecule has 0 aliphatic carbocycles. The first kappa shape index (κ1) is 22.2. The third kappa shape index (κ3) is 4.64. The highest BCUT2D eigenvalue weighted by Crippen LogP contribution is 2.41. The number of carbonyl (C=O) groups excluding carboxylic acids is 1. The molecule has 3 atom stereocenters. The molecule has 0 spiro atoms. The number of halogens is 2. The van der Waals surface area contributed by atoms with Crippen LogP contribution in [0, 0.1) is 11.1 Å². The standard InChI is InChI=1S/C23H26Cl2N4O2/c1-16-21(23(30)29(31)27-14-6-2-3-7-15-27)26-28(20-9-5-4-8-19(20)25)22(16)17-10-12-18(24)13-11-17/h4-5,8-13,16,22,29H,2-3,6-7,14-15H2,1H3/t16-,22+/m0/s1. The van der Waals surface area contributed by atoms with E-state index in [4.69, 9.17) is 23.2 Å². The Morgan fingerprint density at radius 3 is 2.32 bits per heavy atom. The summed E-state index contributed by atoms with van der Waals surface area (Å²) in [5.41, 5.74) is 1.92. The molecule has 6 nitrogen and oxygen atoms in total. The van der Waals surface area contributed by atoms with Gasteiger partial charge >= 0.3 is 5.91 Å². The summed E-state index contributed by atoms with van der Waals surface area (Å²) in [7, 11) is 0. The zero-order chi connectivity index (χ0) is 22.0. The van der Waals surface area contributed by atoms with E-state index in [2.05, 4.69) is 5.10 Å². The minimum atomic E-state index is -0.525. The van der Waals surface area contributed by atoms with E-state index in [9.17, 15) is 10.0 Å². The number of rotatable bonds is 4. The second-order valence-electron chi connectivity index (χ2n) is 8.10. The van der Waals surface area contributed by atoms with Gasteiger partial charge in [-0.15, -0.1) is 5.01 Å². The number of carbonyl (C=O) groups is 1. The number of amides is 1. The van der Waals surface area contributed by atoms with E-state index in [1.165, 1.54) is 0 Å². The van der Waals surface area contributed by atoms with E-state index < -0.39 is 11.1 Å². The molecule has 1 fully saturated rings. The summed E-state index contributed by atoms with van der Waals surface area (Å²) >= 11 is 12.6. The van der Waals surface area contributed by atoms with Gasteiger partial charge in [-0.1, -0.05) is 67.2 Å². The molecular weight excluding hydrogens is 435 g/mol. The number of nitrogens with one attached hydrogen (secondary N) is 1. The lowest BCUT2D eigenvalue weighted by molar-refractivity contribution is -0.896. The molecule has 0 radical (unpaired) electrons. The average Bonchev–Trinajstić information content (AvgIpc) is 2.94. The molecule has 2 heterocycles.